The molecule has 0 spiro atoms. The largest absolute Gasteiger partial charge is 0.496 e. The summed E-state index contributed by atoms with van der Waals surface area (Å²) >= 11 is 0. The molecule has 2 nitrogen and oxygen atoms in total. The molecule has 1 rings (SSSR count). The highest BCUT2D eigenvalue weighted by Crippen LogP contribution is 2.31. The molecule has 0 saturated heterocycles. The molecule has 14 heavy (non-hydrogen) atoms. The van der Waals surface area contributed by atoms with Gasteiger partial charge in [0.05, 0.1) is 12.7 Å². The van der Waals surface area contributed by atoms with E-state index in [2.05, 4.69) is 0 Å². The fourth-order valence-corrected chi connectivity index (χ4v) is 1.29. The first kappa shape index (κ1) is 10.9. The number of ether oxygens (including phenoxy) is 1. The second-order valence-corrected chi connectivity index (χ2v) is 2.90. The Kier molecular flexibility index (Phi) is 3.83. The zero-order valence-electron chi connectivity index (χ0n) is 7.97. The number of benzene rings is 1. The predicted octanol–water partition coefficient (Wildman–Crippen LogP) is 2.19. The van der Waals surface area contributed by atoms with E-state index in [-0.39, 0.29) is 24.3 Å². The van der Waals surface area contributed by atoms with E-state index in [1.807, 2.05) is 0 Å². The average molecular weight is 201 g/mol. The Morgan fingerprint density at radius 3 is 2.79 bits per heavy atom. The van der Waals surface area contributed by atoms with Crippen LogP contribution >= 0.6 is 0 Å². The highest BCUT2D eigenvalue weighted by molar-refractivity contribution is 5.36. The van der Waals surface area contributed by atoms with Crippen LogP contribution in [0.2, 0.25) is 0 Å². The van der Waals surface area contributed by atoms with E-state index in [4.69, 9.17) is 10.5 Å². The van der Waals surface area contributed by atoms with Crippen molar-refractivity contribution in [3.05, 3.63) is 29.6 Å². The number of hydrogen-bond acceptors (Lipinski definition) is 2. The zero-order valence-corrected chi connectivity index (χ0v) is 7.97. The SMILES string of the molecule is COc1cccc(F)c1C(F)CCN. The van der Waals surface area contributed by atoms with Crippen molar-refractivity contribution in [2.45, 2.75) is 12.6 Å². The first-order valence-electron chi connectivity index (χ1n) is 4.37. The van der Waals surface area contributed by atoms with E-state index in [0.29, 0.717) is 0 Å². The Morgan fingerprint density at radius 1 is 1.50 bits per heavy atom. The van der Waals surface area contributed by atoms with Gasteiger partial charge in [-0.1, -0.05) is 6.07 Å². The molecule has 0 heterocycles. The maximum atomic E-state index is 13.4. The Morgan fingerprint density at radius 2 is 2.21 bits per heavy atom. The second kappa shape index (κ2) is 4.91. The minimum absolute atomic E-state index is 0.0412. The Labute approximate surface area is 81.7 Å². The van der Waals surface area contributed by atoms with Crippen molar-refractivity contribution in [3.8, 4) is 5.75 Å². The minimum atomic E-state index is -1.41. The quantitative estimate of drug-likeness (QED) is 0.810. The molecule has 0 aliphatic heterocycles. The second-order valence-electron chi connectivity index (χ2n) is 2.90. The lowest BCUT2D eigenvalue weighted by molar-refractivity contribution is 0.300. The highest BCUT2D eigenvalue weighted by atomic mass is 19.1. The average Bonchev–Trinajstić information content (AvgIpc) is 2.17. The van der Waals surface area contributed by atoms with Crippen LogP contribution in [0, 0.1) is 5.82 Å². The summed E-state index contributed by atoms with van der Waals surface area (Å²) in [6, 6.07) is 4.22. The van der Waals surface area contributed by atoms with Crippen molar-refractivity contribution < 1.29 is 13.5 Å². The minimum Gasteiger partial charge on any atom is -0.496 e. The van der Waals surface area contributed by atoms with Crippen molar-refractivity contribution in [3.63, 3.8) is 0 Å². The van der Waals surface area contributed by atoms with Crippen LogP contribution in [0.15, 0.2) is 18.2 Å². The van der Waals surface area contributed by atoms with Gasteiger partial charge in [0.25, 0.3) is 0 Å². The van der Waals surface area contributed by atoms with Crippen molar-refractivity contribution in [2.24, 2.45) is 5.73 Å². The predicted molar refractivity (Wildman–Crippen MR) is 50.5 cm³/mol. The molecule has 0 fully saturated rings. The number of alkyl halides is 1. The van der Waals surface area contributed by atoms with Crippen LogP contribution in [0.5, 0.6) is 5.75 Å². The molecule has 1 unspecified atom stereocenters. The lowest BCUT2D eigenvalue weighted by Crippen LogP contribution is -2.06. The number of nitrogens with two attached hydrogens (primary N) is 1. The van der Waals surface area contributed by atoms with Crippen molar-refractivity contribution >= 4 is 0 Å². The molecule has 2 N–H and O–H groups in total. The number of hydrogen-bond donors (Lipinski definition) is 1. The van der Waals surface area contributed by atoms with Gasteiger partial charge in [0, 0.05) is 0 Å². The van der Waals surface area contributed by atoms with Gasteiger partial charge >= 0.3 is 0 Å². The summed E-state index contributed by atoms with van der Waals surface area (Å²) in [4.78, 5) is 0. The summed E-state index contributed by atoms with van der Waals surface area (Å²) in [5.41, 5.74) is 5.16. The lowest BCUT2D eigenvalue weighted by atomic mass is 10.1. The molecule has 0 aliphatic carbocycles. The van der Waals surface area contributed by atoms with Gasteiger partial charge in [-0.2, -0.15) is 0 Å². The molecule has 78 valence electrons. The molecule has 0 aromatic heterocycles. The highest BCUT2D eigenvalue weighted by Gasteiger charge is 2.18. The third-order valence-electron chi connectivity index (χ3n) is 1.97. The van der Waals surface area contributed by atoms with Crippen LogP contribution in [0.4, 0.5) is 8.78 Å². The first-order valence-corrected chi connectivity index (χ1v) is 4.37. The molecule has 0 radical (unpaired) electrons. The van der Waals surface area contributed by atoms with Gasteiger partial charge in [-0.3, -0.25) is 0 Å². The first-order chi connectivity index (χ1) is 6.70. The van der Waals surface area contributed by atoms with Crippen molar-refractivity contribution in [2.75, 3.05) is 13.7 Å². The molecule has 1 aromatic carbocycles. The van der Waals surface area contributed by atoms with Gasteiger partial charge in [-0.15, -0.1) is 0 Å². The van der Waals surface area contributed by atoms with E-state index in [0.717, 1.165) is 0 Å². The fourth-order valence-electron chi connectivity index (χ4n) is 1.29. The van der Waals surface area contributed by atoms with Gasteiger partial charge < -0.3 is 10.5 Å². The normalized spacial score (nSPS) is 12.6. The number of methoxy groups -OCH3 is 1. The van der Waals surface area contributed by atoms with E-state index >= 15 is 0 Å². The van der Waals surface area contributed by atoms with Crippen LogP contribution in [-0.4, -0.2) is 13.7 Å². The molecule has 0 amide bonds. The topological polar surface area (TPSA) is 35.2 Å². The Hall–Kier alpha value is -1.16. The van der Waals surface area contributed by atoms with Crippen LogP contribution in [0.1, 0.15) is 18.2 Å². The van der Waals surface area contributed by atoms with E-state index in [9.17, 15) is 8.78 Å². The van der Waals surface area contributed by atoms with Gasteiger partial charge in [0.15, 0.2) is 0 Å². The van der Waals surface area contributed by atoms with Gasteiger partial charge in [0.1, 0.15) is 17.7 Å². The van der Waals surface area contributed by atoms with Gasteiger partial charge in [-0.05, 0) is 25.1 Å². The molecule has 0 aliphatic rings. The summed E-state index contributed by atoms with van der Waals surface area (Å²) in [7, 11) is 1.38. The summed E-state index contributed by atoms with van der Waals surface area (Å²) < 4.78 is 31.6. The lowest BCUT2D eigenvalue weighted by Gasteiger charge is -2.12. The monoisotopic (exact) mass is 201 g/mol. The fraction of sp³-hybridized carbons (Fsp3) is 0.400. The molecular weight excluding hydrogens is 188 g/mol. The van der Waals surface area contributed by atoms with Crippen LogP contribution < -0.4 is 10.5 Å². The van der Waals surface area contributed by atoms with Gasteiger partial charge in [-0.25, -0.2) is 8.78 Å². The maximum absolute atomic E-state index is 13.4. The smallest absolute Gasteiger partial charge is 0.133 e. The summed E-state index contributed by atoms with van der Waals surface area (Å²) in [5.74, 6) is -0.365. The molecule has 0 saturated carbocycles. The summed E-state index contributed by atoms with van der Waals surface area (Å²) in [6.07, 6.45) is -1.31. The third kappa shape index (κ3) is 2.20. The van der Waals surface area contributed by atoms with Crippen molar-refractivity contribution in [1.82, 2.24) is 0 Å². The summed E-state index contributed by atoms with van der Waals surface area (Å²) in [6.45, 7) is 0.179. The van der Waals surface area contributed by atoms with E-state index in [1.165, 1.54) is 25.3 Å². The Bertz CT molecular complexity index is 304. The van der Waals surface area contributed by atoms with Crippen molar-refractivity contribution in [1.29, 1.82) is 0 Å². The standard InChI is InChI=1S/C10H13F2NO/c1-14-9-4-2-3-7(11)10(9)8(12)5-6-13/h2-4,8H,5-6,13H2,1H3. The zero-order chi connectivity index (χ0) is 10.6. The van der Waals surface area contributed by atoms with Crippen LogP contribution in [0.3, 0.4) is 0 Å². The maximum Gasteiger partial charge on any atom is 0.133 e. The molecular formula is C10H13F2NO. The Balaban J connectivity index is 3.03. The van der Waals surface area contributed by atoms with Gasteiger partial charge in [0.2, 0.25) is 0 Å². The summed E-state index contributed by atoms with van der Waals surface area (Å²) in [5, 5.41) is 0. The molecule has 1 atom stereocenters. The number of halogens is 2. The number of rotatable bonds is 4. The molecule has 1 aromatic rings. The molecule has 0 bridgehead atoms. The van der Waals surface area contributed by atoms with E-state index in [1.54, 1.807) is 0 Å². The van der Waals surface area contributed by atoms with Crippen LogP contribution in [-0.2, 0) is 0 Å². The van der Waals surface area contributed by atoms with E-state index < -0.39 is 12.0 Å². The molecule has 4 heteroatoms. The van der Waals surface area contributed by atoms with Crippen LogP contribution in [0.25, 0.3) is 0 Å². The third-order valence-corrected chi connectivity index (χ3v) is 1.97.